The summed E-state index contributed by atoms with van der Waals surface area (Å²) in [6, 6.07) is 16.8. The van der Waals surface area contributed by atoms with Gasteiger partial charge in [-0.25, -0.2) is 4.98 Å². The summed E-state index contributed by atoms with van der Waals surface area (Å²) in [4.78, 5) is 30.7. The molecule has 0 aliphatic heterocycles. The Balaban J connectivity index is 1.48. The van der Waals surface area contributed by atoms with Gasteiger partial charge in [-0.2, -0.15) is 0 Å². The van der Waals surface area contributed by atoms with Crippen molar-refractivity contribution in [3.8, 4) is 5.75 Å². The van der Waals surface area contributed by atoms with Gasteiger partial charge in [0.05, 0.1) is 16.8 Å². The highest BCUT2D eigenvalue weighted by Crippen LogP contribution is 2.19. The van der Waals surface area contributed by atoms with E-state index in [0.29, 0.717) is 24.5 Å². The number of aromatic nitrogens is 1. The molecule has 0 saturated carbocycles. The second kappa shape index (κ2) is 10.4. The van der Waals surface area contributed by atoms with Crippen LogP contribution in [0.25, 0.3) is 0 Å². The lowest BCUT2D eigenvalue weighted by Gasteiger charge is -2.17. The predicted octanol–water partition coefficient (Wildman–Crippen LogP) is 3.50. The Morgan fingerprint density at radius 2 is 1.86 bits per heavy atom. The molecule has 1 heterocycles. The summed E-state index contributed by atoms with van der Waals surface area (Å²) in [6.07, 6.45) is 0.233. The lowest BCUT2D eigenvalue weighted by atomic mass is 10.2. The Bertz CT molecular complexity index is 929. The summed E-state index contributed by atoms with van der Waals surface area (Å²) in [6.45, 7) is 1.11. The highest BCUT2D eigenvalue weighted by molar-refractivity contribution is 7.07. The van der Waals surface area contributed by atoms with Crippen LogP contribution >= 0.6 is 11.3 Å². The normalized spacial score (nSPS) is 10.4. The molecule has 0 bridgehead atoms. The minimum atomic E-state index is -0.266. The average Bonchev–Trinajstić information content (AvgIpc) is 3.26. The third-order valence-electron chi connectivity index (χ3n) is 4.30. The zero-order chi connectivity index (χ0) is 20.5. The van der Waals surface area contributed by atoms with Crippen LogP contribution in [0.2, 0.25) is 0 Å². The summed E-state index contributed by atoms with van der Waals surface area (Å²) < 4.78 is 5.74. The van der Waals surface area contributed by atoms with Crippen molar-refractivity contribution in [2.24, 2.45) is 0 Å². The van der Waals surface area contributed by atoms with Crippen LogP contribution in [-0.2, 0) is 17.9 Å². The van der Waals surface area contributed by atoms with Gasteiger partial charge in [0.1, 0.15) is 12.4 Å². The number of carbonyl (C=O) groups excluding carboxylic acids is 2. The molecule has 150 valence electrons. The van der Waals surface area contributed by atoms with Gasteiger partial charge in [0.25, 0.3) is 5.91 Å². The maximum Gasteiger partial charge on any atom is 0.255 e. The number of benzene rings is 2. The van der Waals surface area contributed by atoms with Crippen LogP contribution in [-0.4, -0.2) is 35.3 Å². The van der Waals surface area contributed by atoms with Gasteiger partial charge in [-0.05, 0) is 17.7 Å². The van der Waals surface area contributed by atoms with Crippen LogP contribution in [0.3, 0.4) is 0 Å². The molecule has 0 aliphatic rings. The molecule has 0 aliphatic carbocycles. The van der Waals surface area contributed by atoms with Crippen molar-refractivity contribution in [1.29, 1.82) is 0 Å². The maximum atomic E-state index is 12.5. The fourth-order valence-corrected chi connectivity index (χ4v) is 3.30. The molecule has 2 aromatic carbocycles. The van der Waals surface area contributed by atoms with Gasteiger partial charge in [-0.1, -0.05) is 42.5 Å². The highest BCUT2D eigenvalue weighted by atomic mass is 32.1. The molecule has 1 aromatic heterocycles. The summed E-state index contributed by atoms with van der Waals surface area (Å²) in [5.74, 6) is 0.199. The number of carbonyl (C=O) groups is 2. The van der Waals surface area contributed by atoms with E-state index in [2.05, 4.69) is 10.3 Å². The Labute approximate surface area is 174 Å². The van der Waals surface area contributed by atoms with Gasteiger partial charge in [-0.15, -0.1) is 11.3 Å². The molecule has 1 N–H and O–H groups in total. The molecule has 6 nitrogen and oxygen atoms in total. The second-order valence-electron chi connectivity index (χ2n) is 6.51. The first-order valence-corrected chi connectivity index (χ1v) is 10.2. The van der Waals surface area contributed by atoms with Crippen LogP contribution < -0.4 is 10.1 Å². The largest absolute Gasteiger partial charge is 0.486 e. The van der Waals surface area contributed by atoms with E-state index in [-0.39, 0.29) is 24.8 Å². The average molecular weight is 410 g/mol. The van der Waals surface area contributed by atoms with E-state index in [4.69, 9.17) is 4.74 Å². The number of hydrogen-bond acceptors (Lipinski definition) is 5. The van der Waals surface area contributed by atoms with Crippen LogP contribution in [0, 0.1) is 0 Å². The molecule has 7 heteroatoms. The monoisotopic (exact) mass is 409 g/mol. The van der Waals surface area contributed by atoms with Crippen molar-refractivity contribution < 1.29 is 14.3 Å². The third kappa shape index (κ3) is 6.15. The summed E-state index contributed by atoms with van der Waals surface area (Å²) in [7, 11) is 1.76. The fourth-order valence-electron chi connectivity index (χ4n) is 2.76. The standard InChI is InChI=1S/C22H23N3O3S/c1-25(13-17-7-3-2-4-8-17)21(26)11-12-23-22(27)19-9-5-6-10-20(19)28-14-18-15-29-16-24-18/h2-10,15-16H,11-14H2,1H3,(H,23,27). The summed E-state index contributed by atoms with van der Waals surface area (Å²) in [5.41, 5.74) is 4.06. The van der Waals surface area contributed by atoms with Gasteiger partial charge in [0, 0.05) is 31.9 Å². The predicted molar refractivity (Wildman–Crippen MR) is 113 cm³/mol. The number of amides is 2. The molecule has 0 atom stereocenters. The molecule has 29 heavy (non-hydrogen) atoms. The first-order chi connectivity index (χ1) is 14.1. The number of nitrogens with one attached hydrogen (secondary N) is 1. The molecule has 0 fully saturated rings. The van der Waals surface area contributed by atoms with Crippen molar-refractivity contribution in [3.63, 3.8) is 0 Å². The topological polar surface area (TPSA) is 71.5 Å². The number of para-hydroxylation sites is 1. The SMILES string of the molecule is CN(Cc1ccccc1)C(=O)CCNC(=O)c1ccccc1OCc1cscn1. The molecular formula is C22H23N3O3S. The molecule has 2 amide bonds. The lowest BCUT2D eigenvalue weighted by molar-refractivity contribution is -0.130. The molecule has 3 aromatic rings. The van der Waals surface area contributed by atoms with Crippen LogP contribution in [0.5, 0.6) is 5.75 Å². The number of hydrogen-bond donors (Lipinski definition) is 1. The minimum absolute atomic E-state index is 0.0257. The van der Waals surface area contributed by atoms with Crippen LogP contribution in [0.15, 0.2) is 65.5 Å². The van der Waals surface area contributed by atoms with Gasteiger partial charge in [0.2, 0.25) is 5.91 Å². The number of nitrogens with zero attached hydrogens (tertiary/aromatic N) is 2. The van der Waals surface area contributed by atoms with Crippen molar-refractivity contribution in [2.75, 3.05) is 13.6 Å². The van der Waals surface area contributed by atoms with E-state index in [1.54, 1.807) is 35.7 Å². The second-order valence-corrected chi connectivity index (χ2v) is 7.22. The Morgan fingerprint density at radius 1 is 1.10 bits per heavy atom. The van der Waals surface area contributed by atoms with Crippen molar-refractivity contribution >= 4 is 23.2 Å². The smallest absolute Gasteiger partial charge is 0.255 e. The number of thiazole rings is 1. The molecule has 0 saturated heterocycles. The number of ether oxygens (including phenoxy) is 1. The van der Waals surface area contributed by atoms with Crippen molar-refractivity contribution in [2.45, 2.75) is 19.6 Å². The highest BCUT2D eigenvalue weighted by Gasteiger charge is 2.14. The molecule has 0 unspecified atom stereocenters. The van der Waals surface area contributed by atoms with Gasteiger partial charge in [0.15, 0.2) is 0 Å². The quantitative estimate of drug-likeness (QED) is 0.587. The van der Waals surface area contributed by atoms with Gasteiger partial charge < -0.3 is 15.0 Å². The summed E-state index contributed by atoms with van der Waals surface area (Å²) >= 11 is 1.50. The Hall–Kier alpha value is -3.19. The fraction of sp³-hybridized carbons (Fsp3) is 0.227. The van der Waals surface area contributed by atoms with E-state index in [1.807, 2.05) is 41.8 Å². The maximum absolute atomic E-state index is 12.5. The zero-order valence-corrected chi connectivity index (χ0v) is 17.0. The third-order valence-corrected chi connectivity index (χ3v) is 4.94. The van der Waals surface area contributed by atoms with Crippen molar-refractivity contribution in [3.05, 3.63) is 82.3 Å². The van der Waals surface area contributed by atoms with Gasteiger partial charge >= 0.3 is 0 Å². The minimum Gasteiger partial charge on any atom is -0.486 e. The molecule has 0 radical (unpaired) electrons. The number of rotatable bonds is 9. The van der Waals surface area contributed by atoms with E-state index < -0.39 is 0 Å². The molecular weight excluding hydrogens is 386 g/mol. The van der Waals surface area contributed by atoms with E-state index in [0.717, 1.165) is 11.3 Å². The Kier molecular flexibility index (Phi) is 7.35. The Morgan fingerprint density at radius 3 is 2.62 bits per heavy atom. The van der Waals surface area contributed by atoms with E-state index in [1.165, 1.54) is 11.3 Å². The zero-order valence-electron chi connectivity index (χ0n) is 16.2. The first-order valence-electron chi connectivity index (χ1n) is 9.28. The van der Waals surface area contributed by atoms with E-state index in [9.17, 15) is 9.59 Å². The first kappa shape index (κ1) is 20.5. The lowest BCUT2D eigenvalue weighted by Crippen LogP contribution is -2.32. The van der Waals surface area contributed by atoms with Gasteiger partial charge in [-0.3, -0.25) is 9.59 Å². The molecule has 0 spiro atoms. The van der Waals surface area contributed by atoms with Crippen molar-refractivity contribution in [1.82, 2.24) is 15.2 Å². The molecule has 3 rings (SSSR count). The van der Waals surface area contributed by atoms with E-state index >= 15 is 0 Å². The van der Waals surface area contributed by atoms with Crippen LogP contribution in [0.1, 0.15) is 28.0 Å². The van der Waals surface area contributed by atoms with Crippen LogP contribution in [0.4, 0.5) is 0 Å². The summed E-state index contributed by atoms with van der Waals surface area (Å²) in [5, 5.41) is 4.71.